The van der Waals surface area contributed by atoms with Gasteiger partial charge >= 0.3 is 0 Å². The van der Waals surface area contributed by atoms with E-state index in [4.69, 9.17) is 4.74 Å². The SMILES string of the molecule is COc1cccc(Cn2nc(C)c(NC(=O)CCCc3c[nH]c4ccccc34)c2C)c1. The third-order valence-electron chi connectivity index (χ3n) is 5.64. The van der Waals surface area contributed by atoms with Crippen LogP contribution in [0.1, 0.15) is 35.4 Å². The van der Waals surface area contributed by atoms with Crippen molar-refractivity contribution in [2.45, 2.75) is 39.7 Å². The summed E-state index contributed by atoms with van der Waals surface area (Å²) in [4.78, 5) is 15.9. The molecule has 2 N–H and O–H groups in total. The Hall–Kier alpha value is -3.54. The molecule has 4 rings (SSSR count). The highest BCUT2D eigenvalue weighted by atomic mass is 16.5. The number of nitrogens with one attached hydrogen (secondary N) is 2. The average Bonchev–Trinajstić information content (AvgIpc) is 3.30. The van der Waals surface area contributed by atoms with Crippen LogP contribution in [0.4, 0.5) is 5.69 Å². The molecule has 31 heavy (non-hydrogen) atoms. The van der Waals surface area contributed by atoms with Crippen LogP contribution in [0.3, 0.4) is 0 Å². The molecule has 0 spiro atoms. The first-order valence-corrected chi connectivity index (χ1v) is 10.6. The maximum absolute atomic E-state index is 12.6. The van der Waals surface area contributed by atoms with Gasteiger partial charge in [-0.1, -0.05) is 30.3 Å². The standard InChI is InChI=1S/C25H28N4O2/c1-17-25(18(2)29(28-17)16-19-8-6-10-21(14-19)31-3)27-24(30)13-7-9-20-15-26-23-12-5-4-11-22(20)23/h4-6,8,10-12,14-15,26H,7,9,13,16H2,1-3H3,(H,27,30). The predicted molar refractivity (Wildman–Crippen MR) is 124 cm³/mol. The fraction of sp³-hybridized carbons (Fsp3) is 0.280. The molecule has 160 valence electrons. The van der Waals surface area contributed by atoms with Crippen LogP contribution in [0.25, 0.3) is 10.9 Å². The molecule has 2 aromatic heterocycles. The number of aromatic nitrogens is 3. The highest BCUT2D eigenvalue weighted by molar-refractivity contribution is 5.92. The van der Waals surface area contributed by atoms with E-state index in [1.54, 1.807) is 7.11 Å². The first kappa shape index (κ1) is 20.7. The van der Waals surface area contributed by atoms with Gasteiger partial charge in [0, 0.05) is 23.5 Å². The van der Waals surface area contributed by atoms with Crippen LogP contribution in [0, 0.1) is 13.8 Å². The number of nitrogens with zero attached hydrogens (tertiary/aromatic N) is 2. The second-order valence-electron chi connectivity index (χ2n) is 7.82. The van der Waals surface area contributed by atoms with Gasteiger partial charge in [-0.2, -0.15) is 5.10 Å². The molecule has 4 aromatic rings. The zero-order chi connectivity index (χ0) is 21.8. The van der Waals surface area contributed by atoms with Crippen LogP contribution in [-0.2, 0) is 17.8 Å². The van der Waals surface area contributed by atoms with Gasteiger partial charge in [0.1, 0.15) is 5.75 Å². The third-order valence-corrected chi connectivity index (χ3v) is 5.64. The molecule has 1 amide bonds. The Kier molecular flexibility index (Phi) is 6.07. The molecule has 0 aliphatic carbocycles. The fourth-order valence-electron chi connectivity index (χ4n) is 3.96. The zero-order valence-electron chi connectivity index (χ0n) is 18.2. The van der Waals surface area contributed by atoms with E-state index < -0.39 is 0 Å². The second kappa shape index (κ2) is 9.08. The Morgan fingerprint density at radius 2 is 2.00 bits per heavy atom. The number of carbonyl (C=O) groups is 1. The number of hydrogen-bond acceptors (Lipinski definition) is 3. The van der Waals surface area contributed by atoms with E-state index in [1.807, 2.05) is 61.1 Å². The summed E-state index contributed by atoms with van der Waals surface area (Å²) in [5.74, 6) is 0.842. The van der Waals surface area contributed by atoms with Crippen LogP contribution < -0.4 is 10.1 Å². The van der Waals surface area contributed by atoms with Crippen molar-refractivity contribution in [2.24, 2.45) is 0 Å². The van der Waals surface area contributed by atoms with Gasteiger partial charge in [-0.15, -0.1) is 0 Å². The summed E-state index contributed by atoms with van der Waals surface area (Å²) in [6, 6.07) is 16.2. The van der Waals surface area contributed by atoms with Crippen LogP contribution in [0.15, 0.2) is 54.7 Å². The topological polar surface area (TPSA) is 71.9 Å². The summed E-state index contributed by atoms with van der Waals surface area (Å²) in [5, 5.41) is 8.93. The van der Waals surface area contributed by atoms with Crippen LogP contribution >= 0.6 is 0 Å². The van der Waals surface area contributed by atoms with Crippen LogP contribution in [-0.4, -0.2) is 27.8 Å². The van der Waals surface area contributed by atoms with E-state index in [0.29, 0.717) is 13.0 Å². The lowest BCUT2D eigenvalue weighted by molar-refractivity contribution is -0.116. The molecule has 6 nitrogen and oxygen atoms in total. The number of H-pyrrole nitrogens is 1. The largest absolute Gasteiger partial charge is 0.497 e. The van der Waals surface area contributed by atoms with Crippen molar-refractivity contribution in [3.63, 3.8) is 0 Å². The number of benzene rings is 2. The minimum absolute atomic E-state index is 0.0203. The molecule has 0 saturated heterocycles. The molecule has 6 heteroatoms. The van der Waals surface area contributed by atoms with E-state index >= 15 is 0 Å². The van der Waals surface area contributed by atoms with Gasteiger partial charge < -0.3 is 15.0 Å². The summed E-state index contributed by atoms with van der Waals surface area (Å²) in [7, 11) is 1.66. The number of anilines is 1. The Morgan fingerprint density at radius 3 is 2.84 bits per heavy atom. The molecular formula is C25H28N4O2. The van der Waals surface area contributed by atoms with E-state index in [9.17, 15) is 4.79 Å². The van der Waals surface area contributed by atoms with Gasteiger partial charge in [0.25, 0.3) is 0 Å². The summed E-state index contributed by atoms with van der Waals surface area (Å²) in [6.07, 6.45) is 4.17. The van der Waals surface area contributed by atoms with Crippen molar-refractivity contribution in [3.05, 3.63) is 77.2 Å². The highest BCUT2D eigenvalue weighted by Gasteiger charge is 2.15. The third kappa shape index (κ3) is 4.63. The minimum atomic E-state index is 0.0203. The summed E-state index contributed by atoms with van der Waals surface area (Å²) < 4.78 is 7.23. The number of rotatable bonds is 8. The van der Waals surface area contributed by atoms with E-state index in [1.165, 1.54) is 10.9 Å². The molecular weight excluding hydrogens is 388 g/mol. The average molecular weight is 417 g/mol. The number of aromatic amines is 1. The quantitative estimate of drug-likeness (QED) is 0.425. The maximum atomic E-state index is 12.6. The zero-order valence-corrected chi connectivity index (χ0v) is 18.2. The van der Waals surface area contributed by atoms with Gasteiger partial charge in [0.2, 0.25) is 5.91 Å². The van der Waals surface area contributed by atoms with Crippen molar-refractivity contribution in [3.8, 4) is 5.75 Å². The van der Waals surface area contributed by atoms with Crippen molar-refractivity contribution in [2.75, 3.05) is 12.4 Å². The monoisotopic (exact) mass is 416 g/mol. The smallest absolute Gasteiger partial charge is 0.224 e. The molecule has 0 bridgehead atoms. The highest BCUT2D eigenvalue weighted by Crippen LogP contribution is 2.23. The molecule has 0 atom stereocenters. The Balaban J connectivity index is 1.36. The molecule has 0 aliphatic heterocycles. The number of para-hydroxylation sites is 1. The molecule has 0 unspecified atom stereocenters. The lowest BCUT2D eigenvalue weighted by Crippen LogP contribution is -2.13. The lowest BCUT2D eigenvalue weighted by Gasteiger charge is -2.08. The van der Waals surface area contributed by atoms with Crippen molar-refractivity contribution < 1.29 is 9.53 Å². The van der Waals surface area contributed by atoms with Gasteiger partial charge in [0.05, 0.1) is 30.7 Å². The molecule has 0 aliphatic rings. The summed E-state index contributed by atoms with van der Waals surface area (Å²) >= 11 is 0. The fourth-order valence-corrected chi connectivity index (χ4v) is 3.96. The molecule has 2 aromatic carbocycles. The van der Waals surface area contributed by atoms with Crippen molar-refractivity contribution in [1.29, 1.82) is 0 Å². The molecule has 0 radical (unpaired) electrons. The van der Waals surface area contributed by atoms with Gasteiger partial charge in [-0.3, -0.25) is 9.48 Å². The number of aryl methyl sites for hydroxylation is 2. The molecule has 2 heterocycles. The number of ether oxygens (including phenoxy) is 1. The number of hydrogen-bond donors (Lipinski definition) is 2. The van der Waals surface area contributed by atoms with Crippen LogP contribution in [0.2, 0.25) is 0 Å². The van der Waals surface area contributed by atoms with E-state index in [-0.39, 0.29) is 5.91 Å². The van der Waals surface area contributed by atoms with Gasteiger partial charge in [-0.25, -0.2) is 0 Å². The maximum Gasteiger partial charge on any atom is 0.224 e. The van der Waals surface area contributed by atoms with Crippen LogP contribution in [0.5, 0.6) is 5.75 Å². The first-order chi connectivity index (χ1) is 15.0. The number of methoxy groups -OCH3 is 1. The number of amides is 1. The van der Waals surface area contributed by atoms with Gasteiger partial charge in [0.15, 0.2) is 0 Å². The van der Waals surface area contributed by atoms with Crippen molar-refractivity contribution >= 4 is 22.5 Å². The molecule has 0 saturated carbocycles. The number of fused-ring (bicyclic) bond motifs is 1. The normalized spacial score (nSPS) is 11.1. The lowest BCUT2D eigenvalue weighted by atomic mass is 10.1. The second-order valence-corrected chi connectivity index (χ2v) is 7.82. The summed E-state index contributed by atoms with van der Waals surface area (Å²) in [6.45, 7) is 4.54. The predicted octanol–water partition coefficient (Wildman–Crippen LogP) is 5.00. The first-order valence-electron chi connectivity index (χ1n) is 10.6. The van der Waals surface area contributed by atoms with Gasteiger partial charge in [-0.05, 0) is 56.0 Å². The van der Waals surface area contributed by atoms with E-state index in [0.717, 1.165) is 46.7 Å². The van der Waals surface area contributed by atoms with E-state index in [2.05, 4.69) is 27.5 Å². The Bertz CT molecular complexity index is 1210. The summed E-state index contributed by atoms with van der Waals surface area (Å²) in [5.41, 5.74) is 6.07. The molecule has 0 fully saturated rings. The Morgan fingerprint density at radius 1 is 1.16 bits per heavy atom. The Labute approximate surface area is 182 Å². The van der Waals surface area contributed by atoms with Crippen molar-refractivity contribution in [1.82, 2.24) is 14.8 Å². The number of carbonyl (C=O) groups excluding carboxylic acids is 1. The minimum Gasteiger partial charge on any atom is -0.497 e.